The van der Waals surface area contributed by atoms with E-state index in [2.05, 4.69) is 4.74 Å². The predicted octanol–water partition coefficient (Wildman–Crippen LogP) is 1.94. The van der Waals surface area contributed by atoms with Gasteiger partial charge in [0, 0.05) is 0 Å². The number of ether oxygens (including phenoxy) is 2. The molecule has 1 aromatic rings. The highest BCUT2D eigenvalue weighted by atomic mass is 16.5. The molecule has 0 fully saturated rings. The average Bonchev–Trinajstić information content (AvgIpc) is 2.40. The minimum absolute atomic E-state index is 0.417. The number of benzene rings is 1. The van der Waals surface area contributed by atoms with Gasteiger partial charge < -0.3 is 14.6 Å². The number of aryl methyl sites for hydroxylation is 1. The largest absolute Gasteiger partial charge is 0.494 e. The molecule has 0 radical (unpaired) electrons. The Morgan fingerprint density at radius 3 is 2.56 bits per heavy atom. The minimum Gasteiger partial charge on any atom is -0.494 e. The Balaban J connectivity index is 2.33. The van der Waals surface area contributed by atoms with Gasteiger partial charge >= 0.3 is 5.97 Å². The molecule has 1 aromatic carbocycles. The summed E-state index contributed by atoms with van der Waals surface area (Å²) < 4.78 is 9.80. The van der Waals surface area contributed by atoms with Crippen LogP contribution < -0.4 is 4.74 Å². The number of esters is 1. The third-order valence-corrected chi connectivity index (χ3v) is 2.65. The van der Waals surface area contributed by atoms with Crippen LogP contribution in [-0.4, -0.2) is 30.9 Å². The van der Waals surface area contributed by atoms with Gasteiger partial charge in [-0.15, -0.1) is 0 Å². The van der Waals surface area contributed by atoms with Crippen LogP contribution in [0.2, 0.25) is 0 Å². The summed E-state index contributed by atoms with van der Waals surface area (Å²) in [5, 5.41) is 9.42. The smallest absolute Gasteiger partial charge is 0.334 e. The maximum atomic E-state index is 11.0. The first-order valence-corrected chi connectivity index (χ1v) is 6.15. The van der Waals surface area contributed by atoms with Gasteiger partial charge in [0.2, 0.25) is 0 Å². The van der Waals surface area contributed by atoms with Crippen LogP contribution in [0.25, 0.3) is 0 Å². The second-order valence-electron chi connectivity index (χ2n) is 4.01. The van der Waals surface area contributed by atoms with E-state index in [4.69, 9.17) is 4.74 Å². The summed E-state index contributed by atoms with van der Waals surface area (Å²) in [6.07, 6.45) is 0.961. The van der Waals surface area contributed by atoms with Crippen molar-refractivity contribution in [2.75, 3.05) is 13.7 Å². The maximum Gasteiger partial charge on any atom is 0.334 e. The summed E-state index contributed by atoms with van der Waals surface area (Å²) in [6, 6.07) is 7.84. The van der Waals surface area contributed by atoms with Crippen molar-refractivity contribution >= 4 is 5.97 Å². The van der Waals surface area contributed by atoms with Crippen molar-refractivity contribution in [3.63, 3.8) is 0 Å². The van der Waals surface area contributed by atoms with Crippen molar-refractivity contribution in [3.05, 3.63) is 29.8 Å². The first-order chi connectivity index (χ1) is 8.67. The van der Waals surface area contributed by atoms with Crippen LogP contribution in [0.1, 0.15) is 25.3 Å². The molecule has 1 unspecified atom stereocenters. The molecule has 0 aliphatic heterocycles. The summed E-state index contributed by atoms with van der Waals surface area (Å²) in [5.74, 6) is 0.289. The van der Waals surface area contributed by atoms with Gasteiger partial charge in [-0.3, -0.25) is 0 Å². The van der Waals surface area contributed by atoms with Crippen LogP contribution in [0.5, 0.6) is 5.75 Å². The zero-order valence-corrected chi connectivity index (χ0v) is 10.9. The van der Waals surface area contributed by atoms with Gasteiger partial charge in [-0.1, -0.05) is 12.1 Å². The highest BCUT2D eigenvalue weighted by Crippen LogP contribution is 2.14. The van der Waals surface area contributed by atoms with Crippen LogP contribution in [0.4, 0.5) is 0 Å². The summed E-state index contributed by atoms with van der Waals surface area (Å²) >= 11 is 0. The minimum atomic E-state index is -1.02. The lowest BCUT2D eigenvalue weighted by atomic mass is 10.1. The van der Waals surface area contributed by atoms with Crippen molar-refractivity contribution in [3.8, 4) is 5.75 Å². The number of hydrogen-bond acceptors (Lipinski definition) is 4. The van der Waals surface area contributed by atoms with E-state index in [1.54, 1.807) is 0 Å². The van der Waals surface area contributed by atoms with E-state index in [1.165, 1.54) is 7.11 Å². The van der Waals surface area contributed by atoms with E-state index >= 15 is 0 Å². The first kappa shape index (κ1) is 14.5. The molecule has 1 atom stereocenters. The van der Waals surface area contributed by atoms with Gasteiger partial charge in [0.25, 0.3) is 0 Å². The lowest BCUT2D eigenvalue weighted by Crippen LogP contribution is -2.21. The Morgan fingerprint density at radius 1 is 1.33 bits per heavy atom. The second-order valence-corrected chi connectivity index (χ2v) is 4.01. The van der Waals surface area contributed by atoms with Gasteiger partial charge in [0.05, 0.1) is 13.7 Å². The highest BCUT2D eigenvalue weighted by Gasteiger charge is 2.14. The highest BCUT2D eigenvalue weighted by molar-refractivity contribution is 5.74. The summed E-state index contributed by atoms with van der Waals surface area (Å²) in [7, 11) is 1.28. The van der Waals surface area contributed by atoms with Gasteiger partial charge in [-0.25, -0.2) is 4.79 Å². The second kappa shape index (κ2) is 7.71. The standard InChI is InChI=1S/C14H20O4/c1-3-18-12-9-7-11(8-10-12)5-4-6-13(15)14(16)17-2/h7-10,13,15H,3-6H2,1-2H3. The Kier molecular flexibility index (Phi) is 6.22. The van der Waals surface area contributed by atoms with Gasteiger partial charge in [-0.2, -0.15) is 0 Å². The molecule has 0 spiro atoms. The number of carbonyl (C=O) groups is 1. The van der Waals surface area contributed by atoms with Crippen molar-refractivity contribution in [2.24, 2.45) is 0 Å². The third kappa shape index (κ3) is 4.75. The fourth-order valence-corrected chi connectivity index (χ4v) is 1.67. The molecule has 0 saturated carbocycles. The van der Waals surface area contributed by atoms with Crippen LogP contribution >= 0.6 is 0 Å². The van der Waals surface area contributed by atoms with Crippen LogP contribution in [0.3, 0.4) is 0 Å². The topological polar surface area (TPSA) is 55.8 Å². The normalized spacial score (nSPS) is 11.9. The molecule has 4 heteroatoms. The molecule has 18 heavy (non-hydrogen) atoms. The Morgan fingerprint density at radius 2 is 2.00 bits per heavy atom. The van der Waals surface area contributed by atoms with Crippen molar-refractivity contribution in [1.82, 2.24) is 0 Å². The molecular formula is C14H20O4. The quantitative estimate of drug-likeness (QED) is 0.753. The fourth-order valence-electron chi connectivity index (χ4n) is 1.67. The molecular weight excluding hydrogens is 232 g/mol. The summed E-state index contributed by atoms with van der Waals surface area (Å²) in [5.41, 5.74) is 1.16. The molecule has 0 amide bonds. The molecule has 0 aliphatic rings. The van der Waals surface area contributed by atoms with Gasteiger partial charge in [0.15, 0.2) is 6.10 Å². The van der Waals surface area contributed by atoms with E-state index in [-0.39, 0.29) is 0 Å². The van der Waals surface area contributed by atoms with Crippen molar-refractivity contribution in [2.45, 2.75) is 32.3 Å². The molecule has 0 aromatic heterocycles. The van der Waals surface area contributed by atoms with Gasteiger partial charge in [0.1, 0.15) is 5.75 Å². The molecule has 0 bridgehead atoms. The Bertz CT molecular complexity index is 359. The zero-order chi connectivity index (χ0) is 13.4. The number of aliphatic hydroxyl groups excluding tert-OH is 1. The van der Waals surface area contributed by atoms with E-state index in [9.17, 15) is 9.90 Å². The van der Waals surface area contributed by atoms with Crippen LogP contribution in [0.15, 0.2) is 24.3 Å². The van der Waals surface area contributed by atoms with E-state index < -0.39 is 12.1 Å². The predicted molar refractivity (Wildman–Crippen MR) is 68.6 cm³/mol. The van der Waals surface area contributed by atoms with Crippen molar-refractivity contribution < 1.29 is 19.4 Å². The molecule has 100 valence electrons. The zero-order valence-electron chi connectivity index (χ0n) is 10.9. The van der Waals surface area contributed by atoms with Crippen LogP contribution in [-0.2, 0) is 16.0 Å². The lowest BCUT2D eigenvalue weighted by Gasteiger charge is -2.08. The average molecular weight is 252 g/mol. The van der Waals surface area contributed by atoms with Crippen molar-refractivity contribution in [1.29, 1.82) is 0 Å². The van der Waals surface area contributed by atoms with E-state index in [1.807, 2.05) is 31.2 Å². The Hall–Kier alpha value is -1.55. The lowest BCUT2D eigenvalue weighted by molar-refractivity contribution is -0.150. The fraction of sp³-hybridized carbons (Fsp3) is 0.500. The van der Waals surface area contributed by atoms with E-state index in [0.717, 1.165) is 24.2 Å². The number of methoxy groups -OCH3 is 1. The third-order valence-electron chi connectivity index (χ3n) is 2.65. The Labute approximate surface area is 108 Å². The van der Waals surface area contributed by atoms with E-state index in [0.29, 0.717) is 13.0 Å². The molecule has 4 nitrogen and oxygen atoms in total. The summed E-state index contributed by atoms with van der Waals surface area (Å²) in [6.45, 7) is 2.60. The monoisotopic (exact) mass is 252 g/mol. The maximum absolute atomic E-state index is 11.0. The summed E-state index contributed by atoms with van der Waals surface area (Å²) in [4.78, 5) is 11.0. The first-order valence-electron chi connectivity index (χ1n) is 6.15. The van der Waals surface area contributed by atoms with Gasteiger partial charge in [-0.05, 0) is 43.9 Å². The SMILES string of the molecule is CCOc1ccc(CCCC(O)C(=O)OC)cc1. The number of rotatable bonds is 7. The molecule has 0 aliphatic carbocycles. The number of aliphatic hydroxyl groups is 1. The van der Waals surface area contributed by atoms with Crippen LogP contribution in [0, 0.1) is 0 Å². The number of hydrogen-bond donors (Lipinski definition) is 1. The molecule has 0 heterocycles. The molecule has 1 N–H and O–H groups in total. The molecule has 0 saturated heterocycles. The number of carbonyl (C=O) groups excluding carboxylic acids is 1. The molecule has 1 rings (SSSR count).